The van der Waals surface area contributed by atoms with Gasteiger partial charge in [0.2, 0.25) is 0 Å². The molecular weight excluding hydrogens is 228 g/mol. The van der Waals surface area contributed by atoms with Gasteiger partial charge in [0.1, 0.15) is 0 Å². The molecule has 0 bridgehead atoms. The third-order valence-corrected chi connectivity index (χ3v) is 5.07. The van der Waals surface area contributed by atoms with Crippen molar-refractivity contribution in [2.24, 2.45) is 11.1 Å². The lowest BCUT2D eigenvalue weighted by atomic mass is 9.66. The van der Waals surface area contributed by atoms with Crippen LogP contribution in [0.25, 0.3) is 0 Å². The number of rotatable bonds is 7. The standard InChI is InChI=1S/C14H24N2S/c1-2-16(11-13-5-3-10-17-13)9-8-14(12-15)6-4-7-14/h3,5,10H,2,4,6-9,11-12,15H2,1H3. The summed E-state index contributed by atoms with van der Waals surface area (Å²) in [7, 11) is 0. The van der Waals surface area contributed by atoms with E-state index in [0.717, 1.165) is 19.6 Å². The maximum Gasteiger partial charge on any atom is 0.0327 e. The van der Waals surface area contributed by atoms with Gasteiger partial charge in [-0.2, -0.15) is 0 Å². The van der Waals surface area contributed by atoms with Gasteiger partial charge in [0, 0.05) is 11.4 Å². The van der Waals surface area contributed by atoms with Crippen LogP contribution in [0.5, 0.6) is 0 Å². The Hall–Kier alpha value is -0.380. The van der Waals surface area contributed by atoms with Crippen LogP contribution in [0.3, 0.4) is 0 Å². The summed E-state index contributed by atoms with van der Waals surface area (Å²) in [5.41, 5.74) is 6.41. The van der Waals surface area contributed by atoms with Crippen molar-refractivity contribution in [2.75, 3.05) is 19.6 Å². The molecule has 1 fully saturated rings. The predicted octanol–water partition coefficient (Wildman–Crippen LogP) is 3.09. The van der Waals surface area contributed by atoms with Crippen molar-refractivity contribution in [1.29, 1.82) is 0 Å². The van der Waals surface area contributed by atoms with Crippen LogP contribution in [0.15, 0.2) is 17.5 Å². The molecule has 0 aromatic carbocycles. The van der Waals surface area contributed by atoms with E-state index >= 15 is 0 Å². The van der Waals surface area contributed by atoms with E-state index in [9.17, 15) is 0 Å². The number of nitrogens with two attached hydrogens (primary N) is 1. The maximum absolute atomic E-state index is 5.92. The monoisotopic (exact) mass is 252 g/mol. The third kappa shape index (κ3) is 3.30. The Morgan fingerprint density at radius 1 is 1.47 bits per heavy atom. The second-order valence-electron chi connectivity index (χ2n) is 5.26. The highest BCUT2D eigenvalue weighted by molar-refractivity contribution is 7.09. The molecule has 0 unspecified atom stereocenters. The summed E-state index contributed by atoms with van der Waals surface area (Å²) in [6.45, 7) is 6.58. The van der Waals surface area contributed by atoms with E-state index in [1.54, 1.807) is 0 Å². The summed E-state index contributed by atoms with van der Waals surface area (Å²) in [6.07, 6.45) is 5.36. The van der Waals surface area contributed by atoms with Gasteiger partial charge in [-0.25, -0.2) is 0 Å². The molecule has 1 saturated carbocycles. The lowest BCUT2D eigenvalue weighted by Crippen LogP contribution is -2.40. The van der Waals surface area contributed by atoms with E-state index in [0.29, 0.717) is 5.41 Å². The molecule has 2 nitrogen and oxygen atoms in total. The summed E-state index contributed by atoms with van der Waals surface area (Å²) in [6, 6.07) is 4.37. The molecule has 0 amide bonds. The highest BCUT2D eigenvalue weighted by Gasteiger charge is 2.35. The van der Waals surface area contributed by atoms with E-state index in [1.807, 2.05) is 11.3 Å². The van der Waals surface area contributed by atoms with E-state index in [1.165, 1.54) is 37.1 Å². The average Bonchev–Trinajstić information content (AvgIpc) is 2.79. The molecule has 2 rings (SSSR count). The Morgan fingerprint density at radius 2 is 2.29 bits per heavy atom. The highest BCUT2D eigenvalue weighted by Crippen LogP contribution is 2.42. The van der Waals surface area contributed by atoms with Crippen molar-refractivity contribution in [1.82, 2.24) is 4.90 Å². The molecule has 1 aromatic heterocycles. The lowest BCUT2D eigenvalue weighted by Gasteiger charge is -2.42. The Kier molecular flexibility index (Phi) is 4.60. The highest BCUT2D eigenvalue weighted by atomic mass is 32.1. The van der Waals surface area contributed by atoms with Crippen molar-refractivity contribution in [2.45, 2.75) is 39.2 Å². The van der Waals surface area contributed by atoms with Gasteiger partial charge >= 0.3 is 0 Å². The van der Waals surface area contributed by atoms with Crippen LogP contribution in [0.4, 0.5) is 0 Å². The van der Waals surface area contributed by atoms with Crippen molar-refractivity contribution < 1.29 is 0 Å². The van der Waals surface area contributed by atoms with Gasteiger partial charge in [0.15, 0.2) is 0 Å². The minimum absolute atomic E-state index is 0.489. The molecule has 0 atom stereocenters. The number of nitrogens with zero attached hydrogens (tertiary/aromatic N) is 1. The normalized spacial score (nSPS) is 18.3. The van der Waals surface area contributed by atoms with Crippen LogP contribution >= 0.6 is 11.3 Å². The number of thiophene rings is 1. The molecule has 1 aliphatic rings. The van der Waals surface area contributed by atoms with Crippen LogP contribution in [0, 0.1) is 5.41 Å². The molecule has 3 heteroatoms. The summed E-state index contributed by atoms with van der Waals surface area (Å²) < 4.78 is 0. The first-order valence-electron chi connectivity index (χ1n) is 6.73. The first kappa shape index (κ1) is 13.1. The van der Waals surface area contributed by atoms with Gasteiger partial charge in [-0.05, 0) is 55.8 Å². The zero-order valence-corrected chi connectivity index (χ0v) is 11.6. The number of hydrogen-bond acceptors (Lipinski definition) is 3. The Balaban J connectivity index is 1.79. The molecule has 2 N–H and O–H groups in total. The Bertz CT molecular complexity index is 311. The SMILES string of the molecule is CCN(CCC1(CN)CCC1)Cc1cccs1. The summed E-state index contributed by atoms with van der Waals surface area (Å²) in [5, 5.41) is 2.16. The topological polar surface area (TPSA) is 29.3 Å². The quantitative estimate of drug-likeness (QED) is 0.808. The fourth-order valence-electron chi connectivity index (χ4n) is 2.60. The van der Waals surface area contributed by atoms with Gasteiger partial charge in [0.05, 0.1) is 0 Å². The second-order valence-corrected chi connectivity index (χ2v) is 6.29. The molecule has 1 heterocycles. The van der Waals surface area contributed by atoms with Crippen LogP contribution < -0.4 is 5.73 Å². The molecule has 17 heavy (non-hydrogen) atoms. The van der Waals surface area contributed by atoms with Crippen molar-refractivity contribution in [3.8, 4) is 0 Å². The van der Waals surface area contributed by atoms with Crippen molar-refractivity contribution in [3.63, 3.8) is 0 Å². The molecule has 0 aliphatic heterocycles. The van der Waals surface area contributed by atoms with Gasteiger partial charge in [-0.15, -0.1) is 11.3 Å². The van der Waals surface area contributed by atoms with E-state index < -0.39 is 0 Å². The molecule has 1 aromatic rings. The fourth-order valence-corrected chi connectivity index (χ4v) is 3.35. The summed E-state index contributed by atoms with van der Waals surface area (Å²) in [4.78, 5) is 4.02. The average molecular weight is 252 g/mol. The first-order valence-corrected chi connectivity index (χ1v) is 7.61. The van der Waals surface area contributed by atoms with Gasteiger partial charge in [0.25, 0.3) is 0 Å². The molecule has 1 aliphatic carbocycles. The summed E-state index contributed by atoms with van der Waals surface area (Å²) >= 11 is 1.86. The number of hydrogen-bond donors (Lipinski definition) is 1. The second kappa shape index (κ2) is 5.98. The molecule has 0 spiro atoms. The smallest absolute Gasteiger partial charge is 0.0327 e. The molecule has 96 valence electrons. The van der Waals surface area contributed by atoms with Crippen LogP contribution in [-0.2, 0) is 6.54 Å². The third-order valence-electron chi connectivity index (χ3n) is 4.21. The van der Waals surface area contributed by atoms with Gasteiger partial charge in [-0.3, -0.25) is 4.90 Å². The van der Waals surface area contributed by atoms with E-state index in [-0.39, 0.29) is 0 Å². The predicted molar refractivity (Wildman–Crippen MR) is 75.2 cm³/mol. The van der Waals surface area contributed by atoms with Crippen LogP contribution in [-0.4, -0.2) is 24.5 Å². The minimum atomic E-state index is 0.489. The molecule has 0 saturated heterocycles. The van der Waals surface area contributed by atoms with Gasteiger partial charge in [-0.1, -0.05) is 19.4 Å². The Labute approximate surface area is 109 Å². The largest absolute Gasteiger partial charge is 0.330 e. The molecule has 0 radical (unpaired) electrons. The van der Waals surface area contributed by atoms with Crippen LogP contribution in [0.2, 0.25) is 0 Å². The minimum Gasteiger partial charge on any atom is -0.330 e. The molecular formula is C14H24N2S. The zero-order valence-electron chi connectivity index (χ0n) is 10.8. The van der Waals surface area contributed by atoms with Gasteiger partial charge < -0.3 is 5.73 Å². The lowest BCUT2D eigenvalue weighted by molar-refractivity contribution is 0.106. The fraction of sp³-hybridized carbons (Fsp3) is 0.714. The van der Waals surface area contributed by atoms with Crippen molar-refractivity contribution in [3.05, 3.63) is 22.4 Å². The van der Waals surface area contributed by atoms with E-state index in [2.05, 4.69) is 29.3 Å². The van der Waals surface area contributed by atoms with Crippen LogP contribution in [0.1, 0.15) is 37.5 Å². The van der Waals surface area contributed by atoms with Crippen molar-refractivity contribution >= 4 is 11.3 Å². The van der Waals surface area contributed by atoms with E-state index in [4.69, 9.17) is 5.73 Å². The summed E-state index contributed by atoms with van der Waals surface area (Å²) in [5.74, 6) is 0. The Morgan fingerprint density at radius 3 is 2.76 bits per heavy atom. The first-order chi connectivity index (χ1) is 8.28. The zero-order chi connectivity index (χ0) is 12.1. The maximum atomic E-state index is 5.92.